The molecule has 0 aliphatic carbocycles. The molecule has 31 heavy (non-hydrogen) atoms. The van der Waals surface area contributed by atoms with E-state index in [1.54, 1.807) is 7.11 Å². The zero-order chi connectivity index (χ0) is 21.8. The van der Waals surface area contributed by atoms with Crippen LogP contribution >= 0.6 is 0 Å². The molecule has 1 atom stereocenters. The fourth-order valence-corrected chi connectivity index (χ4v) is 4.40. The summed E-state index contributed by atoms with van der Waals surface area (Å²) in [6.07, 6.45) is 4.65. The number of anilines is 1. The number of hydrogen-bond donors (Lipinski definition) is 1. The minimum Gasteiger partial charge on any atom is -0.493 e. The summed E-state index contributed by atoms with van der Waals surface area (Å²) < 4.78 is 13.8. The van der Waals surface area contributed by atoms with E-state index in [2.05, 4.69) is 42.3 Å². The van der Waals surface area contributed by atoms with Crippen LogP contribution < -0.4 is 19.7 Å². The molecule has 0 spiro atoms. The largest absolute Gasteiger partial charge is 0.493 e. The Balaban J connectivity index is 1.53. The number of benzene rings is 1. The number of fused-ring (bicyclic) bond motifs is 2. The van der Waals surface area contributed by atoms with Crippen molar-refractivity contribution in [3.8, 4) is 11.5 Å². The molecule has 0 saturated carbocycles. The van der Waals surface area contributed by atoms with Gasteiger partial charge in [0.2, 0.25) is 0 Å². The molecule has 166 valence electrons. The number of nitrogens with one attached hydrogen (secondary N) is 1. The number of methoxy groups -OCH3 is 1. The standard InChI is InChI=1S/C24H33N5O2/c1-5-18-7-6-8-21(30-4)23(18)31-16-17(2)15-28(3)24-19-9-12-25-13-10-20(19)27-22-11-14-26-29(22)24/h6-8,11,14,17,25H,5,9-10,12-13,15-16H2,1-4H3. The van der Waals surface area contributed by atoms with Crippen molar-refractivity contribution >= 4 is 11.5 Å². The van der Waals surface area contributed by atoms with E-state index in [1.165, 1.54) is 16.8 Å². The second-order valence-corrected chi connectivity index (χ2v) is 8.31. The Hall–Kier alpha value is -2.80. The Kier molecular flexibility index (Phi) is 6.61. The molecule has 0 radical (unpaired) electrons. The smallest absolute Gasteiger partial charge is 0.164 e. The number of para-hydroxylation sites is 1. The zero-order valence-corrected chi connectivity index (χ0v) is 19.0. The molecule has 0 amide bonds. The molecule has 4 rings (SSSR count). The summed E-state index contributed by atoms with van der Waals surface area (Å²) in [5.74, 6) is 3.12. The van der Waals surface area contributed by atoms with Crippen molar-refractivity contribution in [2.75, 3.05) is 45.3 Å². The highest BCUT2D eigenvalue weighted by molar-refractivity contribution is 5.57. The van der Waals surface area contributed by atoms with Crippen LogP contribution in [0.5, 0.6) is 11.5 Å². The van der Waals surface area contributed by atoms with Crippen LogP contribution in [0.25, 0.3) is 5.65 Å². The molecule has 0 bridgehead atoms. The second-order valence-electron chi connectivity index (χ2n) is 8.31. The first-order valence-electron chi connectivity index (χ1n) is 11.2. The van der Waals surface area contributed by atoms with Gasteiger partial charge in [-0.3, -0.25) is 0 Å². The fraction of sp³-hybridized carbons (Fsp3) is 0.500. The van der Waals surface area contributed by atoms with Gasteiger partial charge < -0.3 is 19.7 Å². The van der Waals surface area contributed by atoms with E-state index < -0.39 is 0 Å². The molecule has 1 aliphatic heterocycles. The average molecular weight is 424 g/mol. The molecular formula is C24H33N5O2. The molecule has 3 heterocycles. The number of ether oxygens (including phenoxy) is 2. The van der Waals surface area contributed by atoms with Crippen LogP contribution in [0.4, 0.5) is 5.82 Å². The lowest BCUT2D eigenvalue weighted by Crippen LogP contribution is -2.30. The van der Waals surface area contributed by atoms with Crippen molar-refractivity contribution in [1.82, 2.24) is 19.9 Å². The van der Waals surface area contributed by atoms with E-state index in [4.69, 9.17) is 14.5 Å². The molecule has 1 aliphatic rings. The highest BCUT2D eigenvalue weighted by Gasteiger charge is 2.22. The predicted molar refractivity (Wildman–Crippen MR) is 124 cm³/mol. The van der Waals surface area contributed by atoms with Crippen molar-refractivity contribution in [1.29, 1.82) is 0 Å². The highest BCUT2D eigenvalue weighted by atomic mass is 16.5. The van der Waals surface area contributed by atoms with E-state index >= 15 is 0 Å². The normalized spacial score (nSPS) is 14.7. The van der Waals surface area contributed by atoms with Crippen LogP contribution in [0.15, 0.2) is 30.5 Å². The lowest BCUT2D eigenvalue weighted by Gasteiger charge is -2.27. The van der Waals surface area contributed by atoms with Crippen LogP contribution in [-0.4, -0.2) is 55.0 Å². The van der Waals surface area contributed by atoms with Crippen molar-refractivity contribution in [2.45, 2.75) is 33.1 Å². The summed E-state index contributed by atoms with van der Waals surface area (Å²) >= 11 is 0. The van der Waals surface area contributed by atoms with Gasteiger partial charge in [-0.15, -0.1) is 0 Å². The zero-order valence-electron chi connectivity index (χ0n) is 19.0. The van der Waals surface area contributed by atoms with E-state index in [9.17, 15) is 0 Å². The Morgan fingerprint density at radius 2 is 2.06 bits per heavy atom. The Labute approximate surface area is 184 Å². The molecule has 3 aromatic rings. The molecule has 1 unspecified atom stereocenters. The third-order valence-corrected chi connectivity index (χ3v) is 5.90. The molecular weight excluding hydrogens is 390 g/mol. The average Bonchev–Trinajstić information content (AvgIpc) is 3.12. The third-order valence-electron chi connectivity index (χ3n) is 5.90. The van der Waals surface area contributed by atoms with Crippen molar-refractivity contribution in [2.24, 2.45) is 5.92 Å². The van der Waals surface area contributed by atoms with Crippen molar-refractivity contribution in [3.63, 3.8) is 0 Å². The predicted octanol–water partition coefficient (Wildman–Crippen LogP) is 3.14. The highest BCUT2D eigenvalue weighted by Crippen LogP contribution is 2.32. The van der Waals surface area contributed by atoms with Crippen LogP contribution in [0, 0.1) is 5.92 Å². The van der Waals surface area contributed by atoms with Gasteiger partial charge in [-0.2, -0.15) is 9.61 Å². The summed E-state index contributed by atoms with van der Waals surface area (Å²) in [6.45, 7) is 7.77. The molecule has 7 nitrogen and oxygen atoms in total. The fourth-order valence-electron chi connectivity index (χ4n) is 4.40. The van der Waals surface area contributed by atoms with E-state index in [0.717, 1.165) is 61.9 Å². The van der Waals surface area contributed by atoms with Gasteiger partial charge in [0.25, 0.3) is 0 Å². The van der Waals surface area contributed by atoms with Crippen LogP contribution in [0.2, 0.25) is 0 Å². The summed E-state index contributed by atoms with van der Waals surface area (Å²) in [7, 11) is 3.84. The van der Waals surface area contributed by atoms with Crippen LogP contribution in [-0.2, 0) is 19.3 Å². The number of aromatic nitrogens is 3. The maximum atomic E-state index is 6.26. The van der Waals surface area contributed by atoms with E-state index in [0.29, 0.717) is 12.5 Å². The van der Waals surface area contributed by atoms with Gasteiger partial charge in [0, 0.05) is 44.1 Å². The molecule has 0 saturated heterocycles. The van der Waals surface area contributed by atoms with Gasteiger partial charge in [0.1, 0.15) is 5.82 Å². The van der Waals surface area contributed by atoms with E-state index in [-0.39, 0.29) is 0 Å². The molecule has 0 fully saturated rings. The topological polar surface area (TPSA) is 63.9 Å². The Bertz CT molecular complexity index is 1010. The summed E-state index contributed by atoms with van der Waals surface area (Å²) in [4.78, 5) is 7.18. The lowest BCUT2D eigenvalue weighted by molar-refractivity contribution is 0.247. The molecule has 7 heteroatoms. The van der Waals surface area contributed by atoms with Gasteiger partial charge >= 0.3 is 0 Å². The van der Waals surface area contributed by atoms with Gasteiger partial charge in [0.15, 0.2) is 17.1 Å². The van der Waals surface area contributed by atoms with Crippen LogP contribution in [0.3, 0.4) is 0 Å². The minimum absolute atomic E-state index is 0.318. The Morgan fingerprint density at radius 3 is 2.87 bits per heavy atom. The van der Waals surface area contributed by atoms with Gasteiger partial charge in [-0.05, 0) is 31.0 Å². The quantitative estimate of drug-likeness (QED) is 0.601. The monoisotopic (exact) mass is 423 g/mol. The van der Waals surface area contributed by atoms with Gasteiger partial charge in [-0.1, -0.05) is 26.0 Å². The lowest BCUT2D eigenvalue weighted by atomic mass is 10.1. The van der Waals surface area contributed by atoms with Crippen LogP contribution in [0.1, 0.15) is 30.7 Å². The van der Waals surface area contributed by atoms with Crippen molar-refractivity contribution < 1.29 is 9.47 Å². The molecule has 2 aromatic heterocycles. The first kappa shape index (κ1) is 21.4. The maximum Gasteiger partial charge on any atom is 0.164 e. The van der Waals surface area contributed by atoms with Crippen molar-refractivity contribution in [3.05, 3.63) is 47.3 Å². The minimum atomic E-state index is 0.318. The summed E-state index contributed by atoms with van der Waals surface area (Å²) in [5, 5.41) is 8.06. The first-order valence-corrected chi connectivity index (χ1v) is 11.2. The maximum absolute atomic E-state index is 6.26. The number of rotatable bonds is 8. The number of nitrogens with zero attached hydrogens (tertiary/aromatic N) is 4. The van der Waals surface area contributed by atoms with E-state index in [1.807, 2.05) is 28.9 Å². The van der Waals surface area contributed by atoms with Gasteiger partial charge in [0.05, 0.1) is 25.6 Å². The second kappa shape index (κ2) is 9.56. The summed E-state index contributed by atoms with van der Waals surface area (Å²) in [6, 6.07) is 8.06. The third kappa shape index (κ3) is 4.46. The molecule has 1 N–H and O–H groups in total. The number of aryl methyl sites for hydroxylation is 1. The Morgan fingerprint density at radius 1 is 1.23 bits per heavy atom. The number of hydrogen-bond acceptors (Lipinski definition) is 6. The van der Waals surface area contributed by atoms with Gasteiger partial charge in [-0.25, -0.2) is 4.98 Å². The first-order chi connectivity index (χ1) is 15.1. The molecule has 1 aromatic carbocycles. The summed E-state index contributed by atoms with van der Waals surface area (Å²) in [5.41, 5.74) is 4.57. The SMILES string of the molecule is CCc1cccc(OC)c1OCC(C)CN(C)c1c2c(nc3ccnn13)CCNCC2.